The zero-order valence-corrected chi connectivity index (χ0v) is 14.5. The molecule has 2 aliphatic carbocycles. The first-order valence-electron chi connectivity index (χ1n) is 9.14. The molecule has 138 valence electrons. The second-order valence-electron chi connectivity index (χ2n) is 7.67. The predicted octanol–water partition coefficient (Wildman–Crippen LogP) is 1.27. The number of carbonyl (C=O) groups is 2. The van der Waals surface area contributed by atoms with Gasteiger partial charge in [0.1, 0.15) is 0 Å². The Bertz CT molecular complexity index is 838. The summed E-state index contributed by atoms with van der Waals surface area (Å²) in [4.78, 5) is 26.8. The number of hydrogen-bond donors (Lipinski definition) is 2. The van der Waals surface area contributed by atoms with Gasteiger partial charge in [0.25, 0.3) is 0 Å². The van der Waals surface area contributed by atoms with Gasteiger partial charge in [-0.05, 0) is 37.8 Å². The summed E-state index contributed by atoms with van der Waals surface area (Å²) in [6.07, 6.45) is 0.0786. The Balaban J connectivity index is 1.73. The van der Waals surface area contributed by atoms with Crippen molar-refractivity contribution in [2.24, 2.45) is 0 Å². The summed E-state index contributed by atoms with van der Waals surface area (Å²) in [5.41, 5.74) is -0.503. The number of carbonyl (C=O) groups excluding carboxylic acids is 2. The predicted molar refractivity (Wildman–Crippen MR) is 89.2 cm³/mol. The molecule has 2 fully saturated rings. The Hall–Kier alpha value is -2.28. The Morgan fingerprint density at radius 1 is 1.42 bits per heavy atom. The zero-order chi connectivity index (χ0) is 18.3. The maximum absolute atomic E-state index is 12.7. The molecule has 1 saturated carbocycles. The number of benzene rings is 1. The van der Waals surface area contributed by atoms with Crippen LogP contribution in [0.1, 0.15) is 37.3 Å². The van der Waals surface area contributed by atoms with Crippen LogP contribution in [0.5, 0.6) is 11.5 Å². The van der Waals surface area contributed by atoms with E-state index in [-0.39, 0.29) is 31.0 Å². The van der Waals surface area contributed by atoms with Crippen LogP contribution in [0, 0.1) is 0 Å². The van der Waals surface area contributed by atoms with E-state index in [1.807, 2.05) is 6.07 Å². The molecule has 2 heterocycles. The Labute approximate surface area is 150 Å². The highest BCUT2D eigenvalue weighted by Crippen LogP contribution is 2.64. The van der Waals surface area contributed by atoms with Gasteiger partial charge in [-0.15, -0.1) is 0 Å². The first-order valence-corrected chi connectivity index (χ1v) is 9.14. The van der Waals surface area contributed by atoms with Crippen molar-refractivity contribution >= 4 is 11.9 Å². The second kappa shape index (κ2) is 4.91. The minimum Gasteiger partial charge on any atom is -0.504 e. The van der Waals surface area contributed by atoms with Gasteiger partial charge in [-0.1, -0.05) is 6.07 Å². The van der Waals surface area contributed by atoms with E-state index in [2.05, 4.69) is 0 Å². The van der Waals surface area contributed by atoms with Gasteiger partial charge in [0.2, 0.25) is 0 Å². The van der Waals surface area contributed by atoms with Gasteiger partial charge in [-0.3, -0.25) is 4.79 Å². The van der Waals surface area contributed by atoms with Crippen molar-refractivity contribution in [1.29, 1.82) is 0 Å². The Kier molecular flexibility index (Phi) is 3.01. The molecule has 2 N–H and O–H groups in total. The van der Waals surface area contributed by atoms with Crippen LogP contribution in [0.3, 0.4) is 0 Å². The molecule has 4 atom stereocenters. The number of phenols is 1. The number of nitrogens with zero attached hydrogens (tertiary/aromatic N) is 1. The number of rotatable bonds is 1. The summed E-state index contributed by atoms with van der Waals surface area (Å²) in [6.45, 7) is 2.40. The maximum Gasteiger partial charge on any atom is 0.410 e. The van der Waals surface area contributed by atoms with E-state index < -0.39 is 29.3 Å². The summed E-state index contributed by atoms with van der Waals surface area (Å²) in [5, 5.41) is 22.1. The number of piperidine rings is 1. The molecule has 4 aliphatic rings. The molecule has 7 heteroatoms. The number of ketones is 1. The number of amides is 1. The van der Waals surface area contributed by atoms with Crippen LogP contribution in [0.2, 0.25) is 0 Å². The van der Waals surface area contributed by atoms with E-state index in [9.17, 15) is 19.8 Å². The summed E-state index contributed by atoms with van der Waals surface area (Å²) in [6, 6.07) is 2.89. The van der Waals surface area contributed by atoms with Crippen LogP contribution >= 0.6 is 0 Å². The van der Waals surface area contributed by atoms with Gasteiger partial charge in [0.15, 0.2) is 23.4 Å². The minimum absolute atomic E-state index is 0.00560. The Morgan fingerprint density at radius 3 is 3.00 bits per heavy atom. The van der Waals surface area contributed by atoms with E-state index in [4.69, 9.17) is 9.47 Å². The molecule has 1 spiro atoms. The van der Waals surface area contributed by atoms with Gasteiger partial charge < -0.3 is 24.6 Å². The quantitative estimate of drug-likeness (QED) is 0.784. The van der Waals surface area contributed by atoms with Crippen molar-refractivity contribution in [1.82, 2.24) is 4.90 Å². The molecular weight excluding hydrogens is 338 g/mol. The van der Waals surface area contributed by atoms with Crippen molar-refractivity contribution in [3.05, 3.63) is 23.3 Å². The van der Waals surface area contributed by atoms with Gasteiger partial charge in [-0.2, -0.15) is 0 Å². The van der Waals surface area contributed by atoms with Crippen molar-refractivity contribution in [2.45, 2.75) is 55.8 Å². The highest BCUT2D eigenvalue weighted by molar-refractivity contribution is 5.90. The third kappa shape index (κ3) is 1.58. The number of aliphatic hydroxyl groups is 1. The smallest absolute Gasteiger partial charge is 0.410 e. The van der Waals surface area contributed by atoms with Crippen LogP contribution in [-0.2, 0) is 21.4 Å². The van der Waals surface area contributed by atoms with Gasteiger partial charge in [0.05, 0.1) is 23.7 Å². The standard InChI is InChI=1S/C19H21NO6/c1-2-25-17(23)20-8-7-18-14-10-3-4-11(21)15(14)26-16(18)12(22)5-6-19(18,24)13(20)9-10/h3-4,13,16,21,24H,2,5-9H2,1H3/t13?,16-,18?,19?/m0/s1. The molecule has 1 amide bonds. The minimum atomic E-state index is -1.28. The number of aromatic hydroxyl groups is 1. The average Bonchev–Trinajstić information content (AvgIpc) is 2.96. The fraction of sp³-hybridized carbons (Fsp3) is 0.579. The molecule has 0 aromatic heterocycles. The van der Waals surface area contributed by atoms with Gasteiger partial charge >= 0.3 is 6.09 Å². The summed E-state index contributed by atoms with van der Waals surface area (Å²) >= 11 is 0. The molecule has 5 rings (SSSR count). The molecule has 3 unspecified atom stereocenters. The topological polar surface area (TPSA) is 96.3 Å². The van der Waals surface area contributed by atoms with Crippen molar-refractivity contribution < 1.29 is 29.3 Å². The fourth-order valence-corrected chi connectivity index (χ4v) is 5.75. The number of Topliss-reactive ketones (excluding diaryl/α,β-unsaturated/α-hetero) is 1. The molecule has 1 aromatic carbocycles. The van der Waals surface area contributed by atoms with E-state index in [0.29, 0.717) is 25.1 Å². The summed E-state index contributed by atoms with van der Waals surface area (Å²) in [5.74, 6) is 0.264. The third-order valence-corrected chi connectivity index (χ3v) is 6.76. The SMILES string of the molecule is CCOC(=O)N1CCC23c4c5ccc(O)c4O[C@H]2C(=O)CCC3(O)C1C5. The molecule has 7 nitrogen and oxygen atoms in total. The zero-order valence-electron chi connectivity index (χ0n) is 14.5. The molecule has 1 saturated heterocycles. The molecular formula is C19H21NO6. The molecule has 2 bridgehead atoms. The summed E-state index contributed by atoms with van der Waals surface area (Å²) in [7, 11) is 0. The number of likely N-dealkylation sites (tertiary alicyclic amines) is 1. The molecule has 1 aromatic rings. The third-order valence-electron chi connectivity index (χ3n) is 6.76. The van der Waals surface area contributed by atoms with Crippen molar-refractivity contribution in [3.63, 3.8) is 0 Å². The van der Waals surface area contributed by atoms with Crippen LogP contribution < -0.4 is 4.74 Å². The number of phenolic OH excluding ortho intramolecular Hbond substituents is 1. The first-order chi connectivity index (χ1) is 12.4. The second-order valence-corrected chi connectivity index (χ2v) is 7.67. The van der Waals surface area contributed by atoms with Crippen LogP contribution in [0.25, 0.3) is 0 Å². The lowest BCUT2D eigenvalue weighted by molar-refractivity contribution is -0.183. The molecule has 0 radical (unpaired) electrons. The number of hydrogen-bond acceptors (Lipinski definition) is 6. The lowest BCUT2D eigenvalue weighted by atomic mass is 9.49. The molecule has 2 aliphatic heterocycles. The van der Waals surface area contributed by atoms with Crippen molar-refractivity contribution in [3.8, 4) is 11.5 Å². The van der Waals surface area contributed by atoms with Gasteiger partial charge in [-0.25, -0.2) is 4.79 Å². The normalized spacial score (nSPS) is 36.4. The van der Waals surface area contributed by atoms with Gasteiger partial charge in [0, 0.05) is 18.5 Å². The fourth-order valence-electron chi connectivity index (χ4n) is 5.75. The monoisotopic (exact) mass is 359 g/mol. The highest BCUT2D eigenvalue weighted by Gasteiger charge is 2.73. The number of ether oxygens (including phenoxy) is 2. The lowest BCUT2D eigenvalue weighted by Gasteiger charge is -2.61. The van der Waals surface area contributed by atoms with E-state index in [1.54, 1.807) is 17.9 Å². The van der Waals surface area contributed by atoms with E-state index in [1.165, 1.54) is 0 Å². The maximum atomic E-state index is 12.7. The van der Waals surface area contributed by atoms with E-state index >= 15 is 0 Å². The van der Waals surface area contributed by atoms with E-state index in [0.717, 1.165) is 11.1 Å². The average molecular weight is 359 g/mol. The summed E-state index contributed by atoms with van der Waals surface area (Å²) < 4.78 is 11.1. The van der Waals surface area contributed by atoms with Crippen LogP contribution in [0.4, 0.5) is 4.79 Å². The van der Waals surface area contributed by atoms with Crippen LogP contribution in [0.15, 0.2) is 12.1 Å². The van der Waals surface area contributed by atoms with Crippen molar-refractivity contribution in [2.75, 3.05) is 13.2 Å². The Morgan fingerprint density at radius 2 is 2.23 bits per heavy atom. The largest absolute Gasteiger partial charge is 0.504 e. The van der Waals surface area contributed by atoms with Crippen LogP contribution in [-0.4, -0.2) is 57.9 Å². The molecule has 26 heavy (non-hydrogen) atoms. The lowest BCUT2D eigenvalue weighted by Crippen LogP contribution is -2.77. The highest BCUT2D eigenvalue weighted by atomic mass is 16.6. The first kappa shape index (κ1) is 15.9.